The van der Waals surface area contributed by atoms with Gasteiger partial charge < -0.3 is 0 Å². The number of thiazole rings is 1. The molecule has 2 heteroatoms. The van der Waals surface area contributed by atoms with E-state index in [0.29, 0.717) is 0 Å². The van der Waals surface area contributed by atoms with E-state index in [-0.39, 0.29) is 0 Å². The SMILES string of the molecule is CC.CC.CC.Cc1nc(C)c(C)s1. The lowest BCUT2D eigenvalue weighted by Crippen LogP contribution is -1.71. The standard InChI is InChI=1S/C6H9NS.3C2H6/c1-4-5(2)8-6(3)7-4;3*1-2/h1-3H3;3*1-2H3. The molecule has 0 aliphatic rings. The van der Waals surface area contributed by atoms with E-state index in [2.05, 4.69) is 11.9 Å². The Morgan fingerprint density at radius 2 is 1.14 bits per heavy atom. The smallest absolute Gasteiger partial charge is 0.0899 e. The summed E-state index contributed by atoms with van der Waals surface area (Å²) in [7, 11) is 0. The number of nitrogens with zero attached hydrogens (tertiary/aromatic N) is 1. The van der Waals surface area contributed by atoms with Gasteiger partial charge in [-0.3, -0.25) is 0 Å². The monoisotopic (exact) mass is 217 g/mol. The number of hydrogen-bond acceptors (Lipinski definition) is 2. The molecule has 0 atom stereocenters. The van der Waals surface area contributed by atoms with Gasteiger partial charge in [-0.15, -0.1) is 11.3 Å². The summed E-state index contributed by atoms with van der Waals surface area (Å²) in [5.41, 5.74) is 1.17. The van der Waals surface area contributed by atoms with Crippen molar-refractivity contribution in [3.63, 3.8) is 0 Å². The van der Waals surface area contributed by atoms with Gasteiger partial charge in [0.2, 0.25) is 0 Å². The van der Waals surface area contributed by atoms with E-state index in [1.54, 1.807) is 11.3 Å². The maximum atomic E-state index is 4.23. The molecule has 0 radical (unpaired) electrons. The van der Waals surface area contributed by atoms with Crippen LogP contribution in [0.1, 0.15) is 57.1 Å². The van der Waals surface area contributed by atoms with Gasteiger partial charge in [0.1, 0.15) is 0 Å². The molecule has 0 aliphatic carbocycles. The average Bonchev–Trinajstić information content (AvgIpc) is 2.53. The highest BCUT2D eigenvalue weighted by molar-refractivity contribution is 7.11. The van der Waals surface area contributed by atoms with Crippen LogP contribution in [-0.2, 0) is 0 Å². The zero-order valence-electron chi connectivity index (χ0n) is 11.4. The maximum Gasteiger partial charge on any atom is 0.0899 e. The van der Waals surface area contributed by atoms with Gasteiger partial charge in [0, 0.05) is 4.88 Å². The van der Waals surface area contributed by atoms with E-state index in [1.165, 1.54) is 15.6 Å². The van der Waals surface area contributed by atoms with Crippen LogP contribution in [0.2, 0.25) is 0 Å². The minimum absolute atomic E-state index is 1.17. The second-order valence-corrected chi connectivity index (χ2v) is 3.28. The lowest BCUT2D eigenvalue weighted by atomic mass is 10.4. The van der Waals surface area contributed by atoms with Crippen LogP contribution in [0, 0.1) is 20.8 Å². The topological polar surface area (TPSA) is 12.9 Å². The van der Waals surface area contributed by atoms with Gasteiger partial charge >= 0.3 is 0 Å². The molecule has 0 unspecified atom stereocenters. The van der Waals surface area contributed by atoms with Crippen LogP contribution in [0.5, 0.6) is 0 Å². The van der Waals surface area contributed by atoms with Crippen LogP contribution in [0.4, 0.5) is 0 Å². The fourth-order valence-electron chi connectivity index (χ4n) is 0.633. The normalized spacial score (nSPS) is 6.93. The van der Waals surface area contributed by atoms with Gasteiger partial charge in [0.15, 0.2) is 0 Å². The van der Waals surface area contributed by atoms with Gasteiger partial charge in [0.05, 0.1) is 10.7 Å². The molecule has 0 N–H and O–H groups in total. The highest BCUT2D eigenvalue weighted by Crippen LogP contribution is 2.14. The van der Waals surface area contributed by atoms with Gasteiger partial charge in [0.25, 0.3) is 0 Å². The van der Waals surface area contributed by atoms with Crippen molar-refractivity contribution in [3.05, 3.63) is 15.6 Å². The summed E-state index contributed by atoms with van der Waals surface area (Å²) < 4.78 is 0. The maximum absolute atomic E-state index is 4.23. The number of aromatic nitrogens is 1. The molecule has 86 valence electrons. The average molecular weight is 217 g/mol. The second kappa shape index (κ2) is 15.1. The molecule has 0 fully saturated rings. The molecule has 1 aromatic heterocycles. The van der Waals surface area contributed by atoms with E-state index >= 15 is 0 Å². The van der Waals surface area contributed by atoms with Crippen LogP contribution in [-0.4, -0.2) is 4.98 Å². The minimum Gasteiger partial charge on any atom is -0.247 e. The third-order valence-electron chi connectivity index (χ3n) is 1.14. The van der Waals surface area contributed by atoms with E-state index in [9.17, 15) is 0 Å². The zero-order chi connectivity index (χ0) is 12.1. The molecule has 0 saturated heterocycles. The molecule has 1 heterocycles. The lowest BCUT2D eigenvalue weighted by Gasteiger charge is -1.77. The number of rotatable bonds is 0. The van der Waals surface area contributed by atoms with Crippen LogP contribution in [0.25, 0.3) is 0 Å². The summed E-state index contributed by atoms with van der Waals surface area (Å²) in [6, 6.07) is 0. The van der Waals surface area contributed by atoms with Crippen molar-refractivity contribution in [2.75, 3.05) is 0 Å². The molecule has 14 heavy (non-hydrogen) atoms. The quantitative estimate of drug-likeness (QED) is 0.586. The van der Waals surface area contributed by atoms with Crippen molar-refractivity contribution >= 4 is 11.3 Å². The van der Waals surface area contributed by atoms with Gasteiger partial charge in [-0.1, -0.05) is 41.5 Å². The summed E-state index contributed by atoms with van der Waals surface area (Å²) in [5.74, 6) is 0. The fourth-order valence-corrected chi connectivity index (χ4v) is 1.45. The number of aryl methyl sites for hydroxylation is 3. The van der Waals surface area contributed by atoms with Gasteiger partial charge in [-0.05, 0) is 20.8 Å². The molecule has 1 aromatic rings. The van der Waals surface area contributed by atoms with Gasteiger partial charge in [-0.25, -0.2) is 4.98 Å². The van der Waals surface area contributed by atoms with Crippen molar-refractivity contribution in [2.24, 2.45) is 0 Å². The molecule has 0 aromatic carbocycles. The summed E-state index contributed by atoms with van der Waals surface area (Å²) in [5, 5.41) is 1.17. The van der Waals surface area contributed by atoms with Crippen molar-refractivity contribution in [2.45, 2.75) is 62.3 Å². The molecule has 0 spiro atoms. The molecular formula is C12H27NS. The van der Waals surface area contributed by atoms with Gasteiger partial charge in [-0.2, -0.15) is 0 Å². The Bertz CT molecular complexity index is 173. The van der Waals surface area contributed by atoms with E-state index < -0.39 is 0 Å². The Balaban J connectivity index is -0.000000174. The van der Waals surface area contributed by atoms with Crippen LogP contribution in [0.15, 0.2) is 0 Å². The Morgan fingerprint density at radius 3 is 1.21 bits per heavy atom. The van der Waals surface area contributed by atoms with Crippen LogP contribution < -0.4 is 0 Å². The summed E-state index contributed by atoms with van der Waals surface area (Å²) in [6.07, 6.45) is 0. The molecule has 0 aliphatic heterocycles. The Hall–Kier alpha value is -0.370. The molecule has 1 rings (SSSR count). The minimum atomic E-state index is 1.17. The van der Waals surface area contributed by atoms with E-state index in [1.807, 2.05) is 55.4 Å². The molecule has 0 saturated carbocycles. The predicted octanol–water partition coefficient (Wildman–Crippen LogP) is 5.15. The molecule has 1 nitrogen and oxygen atoms in total. The molecule has 0 bridgehead atoms. The highest BCUT2D eigenvalue weighted by Gasteiger charge is 1.95. The first-order chi connectivity index (χ1) is 6.70. The Labute approximate surface area is 94.6 Å². The molecular weight excluding hydrogens is 190 g/mol. The summed E-state index contributed by atoms with van der Waals surface area (Å²) in [6.45, 7) is 18.2. The first kappa shape index (κ1) is 19.2. The lowest BCUT2D eigenvalue weighted by molar-refractivity contribution is 1.18. The molecule has 0 amide bonds. The third kappa shape index (κ3) is 9.72. The van der Waals surface area contributed by atoms with Crippen molar-refractivity contribution < 1.29 is 0 Å². The van der Waals surface area contributed by atoms with Crippen molar-refractivity contribution in [1.29, 1.82) is 0 Å². The Morgan fingerprint density at radius 1 is 0.786 bits per heavy atom. The van der Waals surface area contributed by atoms with Crippen LogP contribution in [0.3, 0.4) is 0 Å². The van der Waals surface area contributed by atoms with E-state index in [4.69, 9.17) is 0 Å². The zero-order valence-corrected chi connectivity index (χ0v) is 12.2. The van der Waals surface area contributed by atoms with Crippen LogP contribution >= 0.6 is 11.3 Å². The number of hydrogen-bond donors (Lipinski definition) is 0. The third-order valence-corrected chi connectivity index (χ3v) is 2.12. The first-order valence-corrected chi connectivity index (χ1v) is 6.42. The van der Waals surface area contributed by atoms with Crippen molar-refractivity contribution in [3.8, 4) is 0 Å². The fraction of sp³-hybridized carbons (Fsp3) is 0.750. The summed E-state index contributed by atoms with van der Waals surface area (Å²) >= 11 is 1.76. The highest BCUT2D eigenvalue weighted by atomic mass is 32.1. The first-order valence-electron chi connectivity index (χ1n) is 5.61. The van der Waals surface area contributed by atoms with E-state index in [0.717, 1.165) is 0 Å². The Kier molecular flexibility index (Phi) is 20.8. The second-order valence-electron chi connectivity index (χ2n) is 1.87. The predicted molar refractivity (Wildman–Crippen MR) is 70.4 cm³/mol. The van der Waals surface area contributed by atoms with Crippen molar-refractivity contribution in [1.82, 2.24) is 4.98 Å². The largest absolute Gasteiger partial charge is 0.247 e. The summed E-state index contributed by atoms with van der Waals surface area (Å²) in [4.78, 5) is 5.56.